The summed E-state index contributed by atoms with van der Waals surface area (Å²) in [6.07, 6.45) is 0.227. The molecule has 4 atom stereocenters. The number of aliphatic hydroxyl groups is 3. The van der Waals surface area contributed by atoms with Crippen molar-refractivity contribution >= 4 is 28.9 Å². The van der Waals surface area contributed by atoms with Crippen LogP contribution in [0.15, 0.2) is 53.3 Å². The maximum atomic E-state index is 13.9. The van der Waals surface area contributed by atoms with Crippen molar-refractivity contribution < 1.29 is 34.8 Å². The van der Waals surface area contributed by atoms with Gasteiger partial charge in [-0.05, 0) is 67.7 Å². The number of anilines is 1. The van der Waals surface area contributed by atoms with Gasteiger partial charge in [0.05, 0.1) is 11.6 Å². The van der Waals surface area contributed by atoms with E-state index in [0.717, 1.165) is 5.56 Å². The first kappa shape index (κ1) is 24.5. The minimum Gasteiger partial charge on any atom is -0.508 e. The second-order valence-corrected chi connectivity index (χ2v) is 10.1. The van der Waals surface area contributed by atoms with E-state index in [1.807, 2.05) is 6.07 Å². The highest BCUT2D eigenvalue weighted by Gasteiger charge is 2.64. The monoisotopic (exact) mass is 505 g/mol. The third kappa shape index (κ3) is 3.29. The fourth-order valence-corrected chi connectivity index (χ4v) is 6.22. The Morgan fingerprint density at radius 1 is 1.11 bits per heavy atom. The molecule has 3 aliphatic rings. The maximum Gasteiger partial charge on any atom is 0.255 e. The van der Waals surface area contributed by atoms with Crippen molar-refractivity contribution in [3.63, 3.8) is 0 Å². The van der Waals surface area contributed by atoms with Gasteiger partial charge in [0.25, 0.3) is 5.91 Å². The van der Waals surface area contributed by atoms with Crippen molar-refractivity contribution in [1.82, 2.24) is 4.90 Å². The zero-order valence-electron chi connectivity index (χ0n) is 20.2. The van der Waals surface area contributed by atoms with Gasteiger partial charge >= 0.3 is 0 Å². The van der Waals surface area contributed by atoms with Crippen LogP contribution in [0.2, 0.25) is 0 Å². The molecule has 1 amide bonds. The molecule has 0 saturated heterocycles. The number of benzene rings is 2. The molecule has 0 spiro atoms. The van der Waals surface area contributed by atoms with Gasteiger partial charge in [-0.25, -0.2) is 0 Å². The Labute approximate surface area is 212 Å². The van der Waals surface area contributed by atoms with Gasteiger partial charge in [-0.2, -0.15) is 0 Å². The normalized spacial score (nSPS) is 27.2. The number of nitrogens with two attached hydrogens (primary N) is 2. The van der Waals surface area contributed by atoms with Crippen molar-refractivity contribution in [3.8, 4) is 16.9 Å². The molecule has 5 rings (SSSR count). The minimum atomic E-state index is -2.66. The molecular formula is C27H27N3O7. The molecule has 0 heterocycles. The number of Topliss-reactive ketones (excluding diaryl/α,β-unsaturated/α-hetero) is 2. The van der Waals surface area contributed by atoms with Crippen LogP contribution in [0.1, 0.15) is 17.5 Å². The molecule has 2 aromatic carbocycles. The highest BCUT2D eigenvalue weighted by Crippen LogP contribution is 2.53. The van der Waals surface area contributed by atoms with Crippen LogP contribution < -0.4 is 11.5 Å². The van der Waals surface area contributed by atoms with Crippen LogP contribution in [-0.2, 0) is 20.8 Å². The number of phenolic OH excluding ortho intramolecular Hbond substituents is 1. The Morgan fingerprint density at radius 3 is 2.43 bits per heavy atom. The predicted octanol–water partition coefficient (Wildman–Crippen LogP) is 1.21. The standard InChI is InChI=1S/C27H27N3O7/c1-30(2)21-16-10-12-9-15-14(11-4-3-5-13(28)8-11)6-7-17(31)19(15)22(32)18(12)24(34)27(16,37)25(35)20(23(21)33)26(29)36/h3-8,12,16,21,31-32,35,37H,9-10,28H2,1-2H3,(H2,29,36)/t12-,16-,21-,27-/m0/s1. The summed E-state index contributed by atoms with van der Waals surface area (Å²) in [7, 11) is 3.12. The number of primary amides is 1. The Bertz CT molecular complexity index is 1460. The highest BCUT2D eigenvalue weighted by molar-refractivity contribution is 6.24. The molecule has 0 unspecified atom stereocenters. The average molecular weight is 506 g/mol. The fraction of sp³-hybridized carbons (Fsp3) is 0.296. The van der Waals surface area contributed by atoms with Crippen LogP contribution in [0.5, 0.6) is 5.75 Å². The highest BCUT2D eigenvalue weighted by atomic mass is 16.3. The topological polar surface area (TPSA) is 187 Å². The summed E-state index contributed by atoms with van der Waals surface area (Å²) in [5, 5.41) is 44.5. The Morgan fingerprint density at radius 2 is 1.81 bits per heavy atom. The maximum absolute atomic E-state index is 13.9. The lowest BCUT2D eigenvalue weighted by Gasteiger charge is -2.50. The van der Waals surface area contributed by atoms with Gasteiger partial charge in [0.15, 0.2) is 11.4 Å². The smallest absolute Gasteiger partial charge is 0.255 e. The largest absolute Gasteiger partial charge is 0.508 e. The number of hydrogen-bond acceptors (Lipinski definition) is 9. The average Bonchev–Trinajstić information content (AvgIpc) is 2.81. The van der Waals surface area contributed by atoms with Crippen LogP contribution in [0, 0.1) is 11.8 Å². The summed E-state index contributed by atoms with van der Waals surface area (Å²) in [5.74, 6) is -6.78. The van der Waals surface area contributed by atoms with E-state index in [2.05, 4.69) is 0 Å². The number of carbonyl (C=O) groups excluding carboxylic acids is 3. The molecule has 0 aromatic heterocycles. The lowest BCUT2D eigenvalue weighted by Crippen LogP contribution is -2.65. The third-order valence-electron chi connectivity index (χ3n) is 7.80. The number of aliphatic hydroxyl groups excluding tert-OH is 2. The van der Waals surface area contributed by atoms with Gasteiger partial charge in [0.1, 0.15) is 22.8 Å². The number of amides is 1. The van der Waals surface area contributed by atoms with E-state index in [0.29, 0.717) is 16.8 Å². The molecule has 37 heavy (non-hydrogen) atoms. The molecule has 192 valence electrons. The molecule has 8 N–H and O–H groups in total. The first-order chi connectivity index (χ1) is 17.4. The molecule has 10 nitrogen and oxygen atoms in total. The summed E-state index contributed by atoms with van der Waals surface area (Å²) in [6.45, 7) is 0. The number of hydrogen-bond donors (Lipinski definition) is 6. The lowest BCUT2D eigenvalue weighted by atomic mass is 9.57. The Balaban J connectivity index is 1.75. The van der Waals surface area contributed by atoms with E-state index < -0.39 is 58.0 Å². The summed E-state index contributed by atoms with van der Waals surface area (Å²) < 4.78 is 0. The molecular weight excluding hydrogens is 478 g/mol. The zero-order chi connectivity index (χ0) is 27.0. The summed E-state index contributed by atoms with van der Waals surface area (Å²) in [6, 6.07) is 9.05. The first-order valence-corrected chi connectivity index (χ1v) is 11.7. The Kier molecular flexibility index (Phi) is 5.43. The number of ketones is 2. The summed E-state index contributed by atoms with van der Waals surface area (Å²) in [5.41, 5.74) is 10.2. The number of carbonyl (C=O) groups is 3. The van der Waals surface area contributed by atoms with Gasteiger partial charge in [-0.15, -0.1) is 0 Å². The van der Waals surface area contributed by atoms with Gasteiger partial charge in [-0.1, -0.05) is 18.2 Å². The van der Waals surface area contributed by atoms with Crippen LogP contribution in [0.25, 0.3) is 16.9 Å². The molecule has 3 aliphatic carbocycles. The molecule has 0 radical (unpaired) electrons. The predicted molar refractivity (Wildman–Crippen MR) is 134 cm³/mol. The first-order valence-electron chi connectivity index (χ1n) is 11.7. The number of likely N-dealkylation sites (N-methyl/N-ethyl adjacent to an activating group) is 1. The van der Waals surface area contributed by atoms with Crippen molar-refractivity contribution in [1.29, 1.82) is 0 Å². The number of rotatable bonds is 3. The quantitative estimate of drug-likeness (QED) is 0.263. The van der Waals surface area contributed by atoms with Crippen molar-refractivity contribution in [2.75, 3.05) is 19.8 Å². The number of fused-ring (bicyclic) bond motifs is 3. The van der Waals surface area contributed by atoms with Crippen LogP contribution in [0.4, 0.5) is 5.69 Å². The molecule has 0 bridgehead atoms. The molecule has 1 fully saturated rings. The lowest BCUT2D eigenvalue weighted by molar-refractivity contribution is -0.153. The summed E-state index contributed by atoms with van der Waals surface area (Å²) >= 11 is 0. The SMILES string of the molecule is CN(C)[C@@H]1C(=O)C(C(N)=O)=C(O)[C@@]2(O)C(=O)C3=C(O)c4c(O)ccc(-c5cccc(N)c5)c4C[C@H]3C[C@@H]12. The van der Waals surface area contributed by atoms with Gasteiger partial charge in [-0.3, -0.25) is 19.3 Å². The second-order valence-electron chi connectivity index (χ2n) is 10.1. The van der Waals surface area contributed by atoms with Crippen molar-refractivity contribution in [2.24, 2.45) is 17.6 Å². The molecule has 1 saturated carbocycles. The molecule has 0 aliphatic heterocycles. The number of aromatic hydroxyl groups is 1. The molecule has 10 heteroatoms. The van der Waals surface area contributed by atoms with Crippen molar-refractivity contribution in [2.45, 2.75) is 24.5 Å². The van der Waals surface area contributed by atoms with E-state index in [-0.39, 0.29) is 29.7 Å². The third-order valence-corrected chi connectivity index (χ3v) is 7.80. The minimum absolute atomic E-state index is 0.0256. The van der Waals surface area contributed by atoms with E-state index in [4.69, 9.17) is 11.5 Å². The fourth-order valence-electron chi connectivity index (χ4n) is 6.22. The van der Waals surface area contributed by atoms with Gasteiger partial charge in [0, 0.05) is 17.2 Å². The zero-order valence-corrected chi connectivity index (χ0v) is 20.2. The Hall–Kier alpha value is -4.15. The van der Waals surface area contributed by atoms with E-state index in [1.165, 1.54) is 11.0 Å². The summed E-state index contributed by atoms with van der Waals surface area (Å²) in [4.78, 5) is 40.6. The second kappa shape index (κ2) is 8.19. The van der Waals surface area contributed by atoms with Crippen LogP contribution >= 0.6 is 0 Å². The van der Waals surface area contributed by atoms with Gasteiger partial charge < -0.3 is 31.9 Å². The molecule has 2 aromatic rings. The van der Waals surface area contributed by atoms with Crippen LogP contribution in [-0.4, -0.2) is 68.5 Å². The van der Waals surface area contributed by atoms with E-state index in [1.54, 1.807) is 38.4 Å². The number of phenols is 1. The number of nitrogens with zero attached hydrogens (tertiary/aromatic N) is 1. The van der Waals surface area contributed by atoms with Crippen molar-refractivity contribution in [3.05, 3.63) is 64.4 Å². The van der Waals surface area contributed by atoms with Gasteiger partial charge in [0.2, 0.25) is 5.78 Å². The van der Waals surface area contributed by atoms with E-state index in [9.17, 15) is 34.8 Å². The van der Waals surface area contributed by atoms with Crippen LogP contribution in [0.3, 0.4) is 0 Å². The van der Waals surface area contributed by atoms with E-state index >= 15 is 0 Å². The number of nitrogen functional groups attached to an aromatic ring is 1.